The van der Waals surface area contributed by atoms with Crippen LogP contribution >= 0.6 is 7.14 Å². The fraction of sp³-hybridized carbons (Fsp3) is 0.607. The molecule has 0 saturated heterocycles. The highest BCUT2D eigenvalue weighted by molar-refractivity contribution is 7.81. The van der Waals surface area contributed by atoms with E-state index in [2.05, 4.69) is 24.6 Å². The van der Waals surface area contributed by atoms with Crippen LogP contribution in [0.1, 0.15) is 72.1 Å². The van der Waals surface area contributed by atoms with Gasteiger partial charge in [0.15, 0.2) is 18.7 Å². The van der Waals surface area contributed by atoms with E-state index >= 15 is 0 Å². The monoisotopic (exact) mass is 512 g/mol. The van der Waals surface area contributed by atoms with Gasteiger partial charge in [0.25, 0.3) is 0 Å². The third-order valence-electron chi connectivity index (χ3n) is 8.22. The van der Waals surface area contributed by atoms with Crippen LogP contribution in [-0.2, 0) is 23.7 Å². The van der Waals surface area contributed by atoms with Crippen molar-refractivity contribution in [3.05, 3.63) is 28.8 Å². The molecule has 0 aliphatic heterocycles. The van der Waals surface area contributed by atoms with E-state index in [1.165, 1.54) is 31.4 Å². The number of fused-ring (bicyclic) bond motifs is 2. The van der Waals surface area contributed by atoms with E-state index in [4.69, 9.17) is 12.0 Å². The molecule has 0 amide bonds. The second kappa shape index (κ2) is 11.6. The summed E-state index contributed by atoms with van der Waals surface area (Å²) in [4.78, 5) is 46.5. The molecule has 4 aliphatic carbocycles. The molecule has 0 radical (unpaired) electrons. The third-order valence-corrected chi connectivity index (χ3v) is 9.64. The van der Waals surface area contributed by atoms with E-state index in [1.54, 1.807) is 6.08 Å². The van der Waals surface area contributed by atoms with E-state index < -0.39 is 12.9 Å². The van der Waals surface area contributed by atoms with Gasteiger partial charge in [-0.3, -0.25) is 14.4 Å². The Morgan fingerprint density at radius 2 is 1.56 bits per heavy atom. The topological polar surface area (TPSA) is 122 Å². The lowest BCUT2D eigenvalue weighted by molar-refractivity contribution is -0.118. The summed E-state index contributed by atoms with van der Waals surface area (Å²) >= 11 is 0. The van der Waals surface area contributed by atoms with Gasteiger partial charge >= 0.3 is 5.45 Å². The van der Waals surface area contributed by atoms with E-state index in [0.717, 1.165) is 44.8 Å². The van der Waals surface area contributed by atoms with Crippen LogP contribution in [0.4, 0.5) is 0 Å². The first kappa shape index (κ1) is 29.6. The van der Waals surface area contributed by atoms with Crippen LogP contribution < -0.4 is 0 Å². The molecule has 0 aromatic carbocycles. The Kier molecular flexibility index (Phi) is 9.52. The molecule has 0 unspecified atom stereocenters. The highest BCUT2D eigenvalue weighted by Crippen LogP contribution is 2.52. The molecule has 2 fully saturated rings. The van der Waals surface area contributed by atoms with Crippen LogP contribution in [-0.4, -0.2) is 47.2 Å². The number of hydrogen-bond acceptors (Lipinski definition) is 5. The van der Waals surface area contributed by atoms with Crippen molar-refractivity contribution in [2.45, 2.75) is 72.1 Å². The molecule has 0 N–H and O–H groups in total. The number of allylic oxidation sites excluding steroid dienone is 4. The highest BCUT2D eigenvalue weighted by atomic mass is 31.2. The van der Waals surface area contributed by atoms with Crippen LogP contribution in [0, 0.1) is 35.0 Å². The average Bonchev–Trinajstić information content (AvgIpc) is 3.29. The largest absolute Gasteiger partial charge is 0.388 e. The Balaban J connectivity index is 0.000000193. The zero-order chi connectivity index (χ0) is 27.3. The Bertz CT molecular complexity index is 1150. The fourth-order valence-electron chi connectivity index (χ4n) is 5.78. The Morgan fingerprint density at radius 3 is 1.97 bits per heavy atom. The lowest BCUT2D eigenvalue weighted by atomic mass is 9.70. The van der Waals surface area contributed by atoms with Crippen LogP contribution in [0.2, 0.25) is 0 Å². The molecule has 4 aliphatic rings. The lowest BCUT2D eigenvalue weighted by Crippen LogP contribution is -2.28. The van der Waals surface area contributed by atoms with Gasteiger partial charge < -0.3 is 14.9 Å². The van der Waals surface area contributed by atoms with Crippen LogP contribution in [0.3, 0.4) is 0 Å². The predicted octanol–water partition coefficient (Wildman–Crippen LogP) is 5.04. The molecule has 4 atom stereocenters. The molecule has 7 nitrogen and oxygen atoms in total. The lowest BCUT2D eigenvalue weighted by Gasteiger charge is -2.32. The quantitative estimate of drug-likeness (QED) is 0.131. The number of rotatable bonds is 3. The first-order valence-electron chi connectivity index (χ1n) is 12.4. The zero-order valence-corrected chi connectivity index (χ0v) is 22.9. The van der Waals surface area contributed by atoms with Crippen molar-refractivity contribution >= 4 is 36.2 Å². The summed E-state index contributed by atoms with van der Waals surface area (Å²) in [6.07, 6.45) is 17.2. The van der Waals surface area contributed by atoms with Crippen LogP contribution in [0.5, 0.6) is 0 Å². The smallest absolute Gasteiger partial charge is 0.360 e. The van der Waals surface area contributed by atoms with E-state index in [-0.39, 0.29) is 33.8 Å². The maximum absolute atomic E-state index is 11.2. The van der Waals surface area contributed by atoms with Crippen molar-refractivity contribution < 1.29 is 28.5 Å². The van der Waals surface area contributed by atoms with Crippen molar-refractivity contribution in [3.8, 4) is 12.3 Å². The molecular formula is C28H37N2O5P. The molecule has 0 bridgehead atoms. The maximum atomic E-state index is 11.2. The minimum atomic E-state index is -2.68. The normalized spacial score (nSPS) is 30.4. The summed E-state index contributed by atoms with van der Waals surface area (Å²) < 4.78 is 11.1. The van der Waals surface area contributed by atoms with Crippen molar-refractivity contribution in [2.75, 3.05) is 13.3 Å². The summed E-state index contributed by atoms with van der Waals surface area (Å²) in [6.45, 7) is 8.31. The predicted molar refractivity (Wildman–Crippen MR) is 140 cm³/mol. The molecule has 194 valence electrons. The van der Waals surface area contributed by atoms with Gasteiger partial charge in [-0.1, -0.05) is 25.0 Å². The molecule has 2 saturated carbocycles. The van der Waals surface area contributed by atoms with Crippen molar-refractivity contribution in [3.63, 3.8) is 0 Å². The minimum absolute atomic E-state index is 0.00958. The number of hydrogen-bond donors (Lipinski definition) is 0. The number of Topliss-reactive ketones (excluding diaryl/α,β-unsaturated/α-hetero) is 1. The molecule has 0 aromatic heterocycles. The average molecular weight is 513 g/mol. The van der Waals surface area contributed by atoms with Crippen molar-refractivity contribution in [1.29, 1.82) is 0 Å². The molecule has 0 aromatic rings. The third kappa shape index (κ3) is 6.36. The summed E-state index contributed by atoms with van der Waals surface area (Å²) in [6, 6.07) is 0. The van der Waals surface area contributed by atoms with Gasteiger partial charge in [0, 0.05) is 37.0 Å². The summed E-state index contributed by atoms with van der Waals surface area (Å²) in [5, 5.41) is 0. The van der Waals surface area contributed by atoms with Crippen LogP contribution in [0.25, 0.3) is 5.53 Å². The van der Waals surface area contributed by atoms with Gasteiger partial charge in [-0.05, 0) is 69.4 Å². The SMILES string of the molecule is C#C[C@H]1CCC2=CC(=O)CC[C@@]21C.CC(=O)C(=[N+]=[N-])P(C)(C)=O.C[C@]12CCC(=O)C=C1CC[C@@H]2C=O. The van der Waals surface area contributed by atoms with Crippen molar-refractivity contribution in [1.82, 2.24) is 0 Å². The standard InChI is InChI=1S/C12H14O.C11H14O2.C5H9N2O2P/c1-3-9-4-5-10-8-11(13)6-7-12(9,10)2;1-11-5-4-10(13)6-8(11)2-3-9(11)7-12;1-4(8)5(7-6)10(2,3)9/h1,8-9H,4-7H2,2H3;6-7,9H,2-5H2,1H3;1-3H3/t9-,12+;9-,11+;/m01./s1. The fourth-order valence-corrected chi connectivity index (χ4v) is 6.75. The first-order valence-corrected chi connectivity index (χ1v) is 15.0. The van der Waals surface area contributed by atoms with Gasteiger partial charge in [0.2, 0.25) is 5.78 Å². The molecule has 4 rings (SSSR count). The molecule has 36 heavy (non-hydrogen) atoms. The Labute approximate surface area is 214 Å². The first-order chi connectivity index (χ1) is 16.7. The summed E-state index contributed by atoms with van der Waals surface area (Å²) in [7, 11) is -2.68. The van der Waals surface area contributed by atoms with Crippen molar-refractivity contribution in [2.24, 2.45) is 22.7 Å². The van der Waals surface area contributed by atoms with Gasteiger partial charge in [-0.25, -0.2) is 0 Å². The zero-order valence-electron chi connectivity index (χ0n) is 22.0. The number of carbonyl (C=O) groups is 4. The summed E-state index contributed by atoms with van der Waals surface area (Å²) in [5.74, 6) is 3.43. The number of ketones is 3. The molecule has 8 heteroatoms. The highest BCUT2D eigenvalue weighted by Gasteiger charge is 2.45. The number of carbonyl (C=O) groups excluding carboxylic acids is 4. The number of terminal acetylenes is 1. The Morgan fingerprint density at radius 1 is 1.06 bits per heavy atom. The Hall–Kier alpha value is -2.67. The van der Waals surface area contributed by atoms with E-state index in [0.29, 0.717) is 18.8 Å². The van der Waals surface area contributed by atoms with Gasteiger partial charge in [-0.15, -0.1) is 12.3 Å². The maximum Gasteiger partial charge on any atom is 0.388 e. The molecule has 0 heterocycles. The second-order valence-electron chi connectivity index (χ2n) is 11.0. The van der Waals surface area contributed by atoms with E-state index in [1.807, 2.05) is 6.08 Å². The number of nitrogens with zero attached hydrogens (tertiary/aromatic N) is 2. The van der Waals surface area contributed by atoms with E-state index in [9.17, 15) is 23.7 Å². The molecule has 0 spiro atoms. The van der Waals surface area contributed by atoms with Gasteiger partial charge in [-0.2, -0.15) is 4.79 Å². The van der Waals surface area contributed by atoms with Gasteiger partial charge in [0.1, 0.15) is 6.29 Å². The molecular weight excluding hydrogens is 475 g/mol. The van der Waals surface area contributed by atoms with Crippen LogP contribution in [0.15, 0.2) is 23.3 Å². The number of aldehydes is 1. The minimum Gasteiger partial charge on any atom is -0.360 e. The summed E-state index contributed by atoms with van der Waals surface area (Å²) in [5.41, 5.74) is 10.7. The van der Waals surface area contributed by atoms with Gasteiger partial charge in [0.05, 0.1) is 0 Å². The second-order valence-corrected chi connectivity index (χ2v) is 14.1.